The topological polar surface area (TPSA) is 69.9 Å². The van der Waals surface area contributed by atoms with E-state index < -0.39 is 0 Å². The zero-order valence-corrected chi connectivity index (χ0v) is 8.23. The van der Waals surface area contributed by atoms with E-state index in [1.807, 2.05) is 0 Å². The van der Waals surface area contributed by atoms with Gasteiger partial charge in [-0.15, -0.1) is 0 Å². The fraction of sp³-hybridized carbons (Fsp3) is 0.600. The highest BCUT2D eigenvalue weighted by Crippen LogP contribution is 2.18. The molecule has 1 rings (SSSR count). The number of aliphatic hydroxyl groups is 2. The lowest BCUT2D eigenvalue weighted by molar-refractivity contribution is -0.120. The number of ketones is 1. The van der Waals surface area contributed by atoms with Gasteiger partial charge in [0.15, 0.2) is 5.76 Å². The van der Waals surface area contributed by atoms with E-state index in [4.69, 9.17) is 5.11 Å². The molecule has 0 aromatic rings. The first-order valence-corrected chi connectivity index (χ1v) is 4.76. The number of nitrogens with zero attached hydrogens (tertiary/aromatic N) is 1. The van der Waals surface area contributed by atoms with Crippen LogP contribution in [0.4, 0.5) is 0 Å². The van der Waals surface area contributed by atoms with Crippen LogP contribution in [0.25, 0.3) is 0 Å². The lowest BCUT2D eigenvalue weighted by Gasteiger charge is -2.14. The van der Waals surface area contributed by atoms with E-state index in [0.29, 0.717) is 18.5 Å². The molecule has 4 heteroatoms. The van der Waals surface area contributed by atoms with Crippen LogP contribution in [-0.2, 0) is 4.79 Å². The lowest BCUT2D eigenvalue weighted by atomic mass is 9.95. The Morgan fingerprint density at radius 3 is 2.86 bits per heavy atom. The second-order valence-electron chi connectivity index (χ2n) is 3.40. The van der Waals surface area contributed by atoms with Gasteiger partial charge in [-0.3, -0.25) is 9.79 Å². The van der Waals surface area contributed by atoms with Gasteiger partial charge >= 0.3 is 0 Å². The molecule has 0 aliphatic carbocycles. The highest BCUT2D eigenvalue weighted by Gasteiger charge is 2.24. The minimum absolute atomic E-state index is 0.138. The van der Waals surface area contributed by atoms with Crippen molar-refractivity contribution in [3.63, 3.8) is 0 Å². The van der Waals surface area contributed by atoms with Crippen molar-refractivity contribution >= 4 is 12.0 Å². The minimum atomic E-state index is -0.315. The van der Waals surface area contributed by atoms with Gasteiger partial charge in [-0.1, -0.05) is 6.42 Å². The lowest BCUT2D eigenvalue weighted by Crippen LogP contribution is -2.22. The number of hydrogen-bond acceptors (Lipinski definition) is 4. The summed E-state index contributed by atoms with van der Waals surface area (Å²) in [4.78, 5) is 15.4. The number of carbonyl (C=O) groups excluding carboxylic acids is 1. The smallest absolute Gasteiger partial charge is 0.207 e. The van der Waals surface area contributed by atoms with Crippen LogP contribution in [0.5, 0.6) is 0 Å². The number of rotatable bonds is 4. The summed E-state index contributed by atoms with van der Waals surface area (Å²) in [5.74, 6) is -0.790. The molecule has 1 heterocycles. The number of unbranched alkanes of at least 4 members (excludes halogenated alkanes) is 1. The number of hydrogen-bond donors (Lipinski definition) is 2. The molecule has 0 fully saturated rings. The molecule has 1 atom stereocenters. The maximum Gasteiger partial charge on any atom is 0.207 e. The average molecular weight is 197 g/mol. The van der Waals surface area contributed by atoms with Crippen molar-refractivity contribution in [2.24, 2.45) is 10.9 Å². The molecule has 14 heavy (non-hydrogen) atoms. The van der Waals surface area contributed by atoms with Gasteiger partial charge in [0.25, 0.3) is 0 Å². The summed E-state index contributed by atoms with van der Waals surface area (Å²) in [7, 11) is 0. The first kappa shape index (κ1) is 10.9. The summed E-state index contributed by atoms with van der Waals surface area (Å²) in [6.45, 7) is 1.74. The van der Waals surface area contributed by atoms with Crippen molar-refractivity contribution in [1.29, 1.82) is 0 Å². The molecular weight excluding hydrogens is 182 g/mol. The fourth-order valence-corrected chi connectivity index (χ4v) is 1.37. The zero-order valence-electron chi connectivity index (χ0n) is 8.23. The number of Topliss-reactive ketones (excluding diaryl/α,β-unsaturated/α-hetero) is 1. The van der Waals surface area contributed by atoms with E-state index in [-0.39, 0.29) is 24.1 Å². The molecule has 0 aromatic heterocycles. The molecule has 1 aliphatic rings. The predicted octanol–water partition coefficient (Wildman–Crippen LogP) is 1.21. The monoisotopic (exact) mass is 197 g/mol. The van der Waals surface area contributed by atoms with E-state index in [9.17, 15) is 9.90 Å². The first-order valence-electron chi connectivity index (χ1n) is 4.76. The Balaban J connectivity index is 2.51. The Bertz CT molecular complexity index is 281. The molecule has 0 spiro atoms. The fourth-order valence-electron chi connectivity index (χ4n) is 1.37. The third-order valence-electron chi connectivity index (χ3n) is 2.28. The Labute approximate surface area is 83.0 Å². The quantitative estimate of drug-likeness (QED) is 0.665. The molecule has 78 valence electrons. The van der Waals surface area contributed by atoms with Crippen molar-refractivity contribution in [2.45, 2.75) is 26.2 Å². The standard InChI is InChI=1S/C10H15NO3/c1-7-9(13)10(14)8(6-11-7)4-2-3-5-12/h6,8,12-13H,2-5H2,1H3. The summed E-state index contributed by atoms with van der Waals surface area (Å²) in [6.07, 6.45) is 3.67. The Kier molecular flexibility index (Phi) is 3.83. The molecule has 1 aliphatic heterocycles. The molecule has 0 bridgehead atoms. The highest BCUT2D eigenvalue weighted by atomic mass is 16.3. The van der Waals surface area contributed by atoms with E-state index in [1.54, 1.807) is 13.1 Å². The minimum Gasteiger partial charge on any atom is -0.503 e. The number of aliphatic hydroxyl groups excluding tert-OH is 2. The van der Waals surface area contributed by atoms with Crippen molar-refractivity contribution in [2.75, 3.05) is 6.61 Å². The van der Waals surface area contributed by atoms with Gasteiger partial charge in [0.1, 0.15) is 0 Å². The van der Waals surface area contributed by atoms with Crippen LogP contribution in [0.3, 0.4) is 0 Å². The zero-order chi connectivity index (χ0) is 10.6. The van der Waals surface area contributed by atoms with Crippen molar-refractivity contribution < 1.29 is 15.0 Å². The van der Waals surface area contributed by atoms with Gasteiger partial charge in [-0.05, 0) is 19.8 Å². The van der Waals surface area contributed by atoms with Crippen LogP contribution in [0.2, 0.25) is 0 Å². The van der Waals surface area contributed by atoms with Crippen LogP contribution in [0.1, 0.15) is 26.2 Å². The first-order chi connectivity index (χ1) is 6.66. The van der Waals surface area contributed by atoms with Crippen molar-refractivity contribution in [3.05, 3.63) is 11.5 Å². The second-order valence-corrected chi connectivity index (χ2v) is 3.40. The summed E-state index contributed by atoms with van der Waals surface area (Å²) in [5.41, 5.74) is 0.383. The summed E-state index contributed by atoms with van der Waals surface area (Å²) in [5, 5.41) is 17.9. The third-order valence-corrected chi connectivity index (χ3v) is 2.28. The number of carbonyl (C=O) groups is 1. The Morgan fingerprint density at radius 1 is 1.50 bits per heavy atom. The molecule has 0 radical (unpaired) electrons. The van der Waals surface area contributed by atoms with Gasteiger partial charge in [-0.2, -0.15) is 0 Å². The molecule has 0 saturated heterocycles. The summed E-state index contributed by atoms with van der Waals surface area (Å²) >= 11 is 0. The largest absolute Gasteiger partial charge is 0.503 e. The van der Waals surface area contributed by atoms with Gasteiger partial charge < -0.3 is 10.2 Å². The third kappa shape index (κ3) is 2.42. The molecular formula is C10H15NO3. The van der Waals surface area contributed by atoms with E-state index in [1.165, 1.54) is 0 Å². The molecule has 0 amide bonds. The van der Waals surface area contributed by atoms with Crippen LogP contribution in [-0.4, -0.2) is 28.8 Å². The van der Waals surface area contributed by atoms with Gasteiger partial charge in [0, 0.05) is 12.8 Å². The molecule has 0 aromatic carbocycles. The molecule has 1 unspecified atom stereocenters. The number of aliphatic imine (C=N–C) groups is 1. The van der Waals surface area contributed by atoms with Gasteiger partial charge in [0.05, 0.1) is 11.6 Å². The summed E-state index contributed by atoms with van der Waals surface area (Å²) in [6, 6.07) is 0. The van der Waals surface area contributed by atoms with Crippen LogP contribution in [0, 0.1) is 5.92 Å². The Morgan fingerprint density at radius 2 is 2.21 bits per heavy atom. The maximum atomic E-state index is 11.5. The Hall–Kier alpha value is -1.16. The van der Waals surface area contributed by atoms with E-state index >= 15 is 0 Å². The van der Waals surface area contributed by atoms with Crippen LogP contribution in [0.15, 0.2) is 16.4 Å². The van der Waals surface area contributed by atoms with E-state index in [0.717, 1.165) is 6.42 Å². The van der Waals surface area contributed by atoms with Gasteiger partial charge in [0.2, 0.25) is 5.78 Å². The average Bonchev–Trinajstić information content (AvgIpc) is 2.18. The van der Waals surface area contributed by atoms with Gasteiger partial charge in [-0.25, -0.2) is 0 Å². The molecule has 0 saturated carbocycles. The molecule has 4 nitrogen and oxygen atoms in total. The number of allylic oxidation sites excluding steroid dienone is 2. The predicted molar refractivity (Wildman–Crippen MR) is 53.3 cm³/mol. The SMILES string of the molecule is CC1=C(O)C(=O)C(CCCCO)C=N1. The highest BCUT2D eigenvalue weighted by molar-refractivity contribution is 6.06. The van der Waals surface area contributed by atoms with Crippen molar-refractivity contribution in [3.8, 4) is 0 Å². The van der Waals surface area contributed by atoms with E-state index in [2.05, 4.69) is 4.99 Å². The van der Waals surface area contributed by atoms with Crippen LogP contribution < -0.4 is 0 Å². The maximum absolute atomic E-state index is 11.5. The molecule has 2 N–H and O–H groups in total. The van der Waals surface area contributed by atoms with Crippen molar-refractivity contribution in [1.82, 2.24) is 0 Å². The second kappa shape index (κ2) is 4.91. The van der Waals surface area contributed by atoms with Crippen LogP contribution >= 0.6 is 0 Å². The summed E-state index contributed by atoms with van der Waals surface area (Å²) < 4.78 is 0. The normalized spacial score (nSPS) is 21.9.